The number of primary amides is 1. The van der Waals surface area contributed by atoms with Crippen molar-refractivity contribution in [2.24, 2.45) is 11.7 Å². The van der Waals surface area contributed by atoms with Gasteiger partial charge in [-0.1, -0.05) is 92.7 Å². The highest BCUT2D eigenvalue weighted by Gasteiger charge is 2.50. The first-order valence-electron chi connectivity index (χ1n) is 10.6. The minimum absolute atomic E-state index is 0.0125. The summed E-state index contributed by atoms with van der Waals surface area (Å²) < 4.78 is 0. The lowest BCUT2D eigenvalue weighted by Gasteiger charge is -2.37. The van der Waals surface area contributed by atoms with Gasteiger partial charge in [0.1, 0.15) is 11.2 Å². The van der Waals surface area contributed by atoms with Gasteiger partial charge in [0.05, 0.1) is 0 Å². The summed E-state index contributed by atoms with van der Waals surface area (Å²) in [5.74, 6) is 0.488. The van der Waals surface area contributed by atoms with E-state index in [1.54, 1.807) is 0 Å². The highest BCUT2D eigenvalue weighted by atomic mass is 16.7. The third kappa shape index (κ3) is 4.24. The molecule has 2 N–H and O–H groups in total. The maximum Gasteiger partial charge on any atom is 0.232 e. The highest BCUT2D eigenvalue weighted by Crippen LogP contribution is 2.43. The second kappa shape index (κ2) is 10.1. The zero-order chi connectivity index (χ0) is 21.4. The van der Waals surface area contributed by atoms with Crippen molar-refractivity contribution in [3.8, 4) is 5.75 Å². The first-order valence-corrected chi connectivity index (χ1v) is 10.6. The van der Waals surface area contributed by atoms with Crippen LogP contribution in [0.1, 0.15) is 31.4 Å². The molecule has 1 aliphatic rings. The maximum absolute atomic E-state index is 13.0. The Hall–Kier alpha value is -3.11. The first kappa shape index (κ1) is 21.6. The summed E-state index contributed by atoms with van der Waals surface area (Å²) in [4.78, 5) is 19.1. The predicted octanol–water partition coefficient (Wildman–Crippen LogP) is 4.80. The first-order chi connectivity index (χ1) is 14.7. The normalized spacial score (nSPS) is 16.4. The molecule has 1 amide bonds. The molecular formula is C26H30N2O2. The third-order valence-corrected chi connectivity index (χ3v) is 5.59. The summed E-state index contributed by atoms with van der Waals surface area (Å²) in [6.07, 6.45) is 0.819. The number of carbonyl (C=O) groups is 1. The summed E-state index contributed by atoms with van der Waals surface area (Å²) in [5.41, 5.74) is 7.09. The van der Waals surface area contributed by atoms with Crippen LogP contribution in [0.4, 0.5) is 0 Å². The van der Waals surface area contributed by atoms with Crippen LogP contribution in [-0.2, 0) is 10.2 Å². The van der Waals surface area contributed by atoms with E-state index in [2.05, 4.69) is 0 Å². The van der Waals surface area contributed by atoms with Gasteiger partial charge in [-0.25, -0.2) is 0 Å². The van der Waals surface area contributed by atoms with Crippen LogP contribution in [-0.4, -0.2) is 24.1 Å². The summed E-state index contributed by atoms with van der Waals surface area (Å²) >= 11 is 0. The quantitative estimate of drug-likeness (QED) is 0.644. The lowest BCUT2D eigenvalue weighted by molar-refractivity contribution is -0.124. The minimum Gasteiger partial charge on any atom is -0.406 e. The number of hydroxylamine groups is 2. The number of para-hydroxylation sites is 1. The van der Waals surface area contributed by atoms with E-state index in [0.29, 0.717) is 6.54 Å². The van der Waals surface area contributed by atoms with Gasteiger partial charge in [0, 0.05) is 13.1 Å². The van der Waals surface area contributed by atoms with Crippen molar-refractivity contribution < 1.29 is 9.63 Å². The molecule has 1 atom stereocenters. The molecule has 0 saturated carbocycles. The van der Waals surface area contributed by atoms with Crippen LogP contribution in [0.5, 0.6) is 5.75 Å². The lowest BCUT2D eigenvalue weighted by Crippen LogP contribution is -2.49. The van der Waals surface area contributed by atoms with Crippen molar-refractivity contribution in [1.29, 1.82) is 0 Å². The molecule has 0 spiro atoms. The fraction of sp³-hybridized carbons (Fsp3) is 0.269. The van der Waals surface area contributed by atoms with E-state index in [1.165, 1.54) is 0 Å². The zero-order valence-electron chi connectivity index (χ0n) is 17.7. The number of rotatable bonds is 6. The molecule has 3 aromatic rings. The maximum atomic E-state index is 13.0. The Morgan fingerprint density at radius 3 is 1.80 bits per heavy atom. The molecule has 30 heavy (non-hydrogen) atoms. The van der Waals surface area contributed by atoms with Crippen LogP contribution in [0.15, 0.2) is 91.0 Å². The molecule has 0 aliphatic carbocycles. The smallest absolute Gasteiger partial charge is 0.232 e. The van der Waals surface area contributed by atoms with E-state index in [1.807, 2.05) is 110 Å². The van der Waals surface area contributed by atoms with Crippen molar-refractivity contribution in [3.05, 3.63) is 102 Å². The van der Waals surface area contributed by atoms with E-state index in [0.717, 1.165) is 29.8 Å². The molecule has 1 heterocycles. The van der Waals surface area contributed by atoms with Gasteiger partial charge >= 0.3 is 0 Å². The highest BCUT2D eigenvalue weighted by molar-refractivity contribution is 5.91. The average Bonchev–Trinajstić information content (AvgIpc) is 3.26. The summed E-state index contributed by atoms with van der Waals surface area (Å²) in [5, 5.41) is 1.93. The Bertz CT molecular complexity index is 874. The van der Waals surface area contributed by atoms with E-state index in [9.17, 15) is 4.79 Å². The van der Waals surface area contributed by atoms with Crippen molar-refractivity contribution >= 4 is 5.91 Å². The van der Waals surface area contributed by atoms with Crippen LogP contribution in [0.3, 0.4) is 0 Å². The molecular weight excluding hydrogens is 372 g/mol. The Morgan fingerprint density at radius 1 is 0.867 bits per heavy atom. The molecule has 0 radical (unpaired) electrons. The third-order valence-electron chi connectivity index (χ3n) is 5.59. The van der Waals surface area contributed by atoms with E-state index < -0.39 is 5.41 Å². The van der Waals surface area contributed by atoms with Crippen molar-refractivity contribution in [3.63, 3.8) is 0 Å². The molecule has 1 fully saturated rings. The Labute approximate surface area is 179 Å². The second-order valence-electron chi connectivity index (χ2n) is 7.18. The van der Waals surface area contributed by atoms with Crippen LogP contribution < -0.4 is 10.6 Å². The van der Waals surface area contributed by atoms with Gasteiger partial charge in [0.25, 0.3) is 0 Å². The molecule has 1 aliphatic heterocycles. The second-order valence-corrected chi connectivity index (χ2v) is 7.18. The number of nitrogens with two attached hydrogens (primary N) is 1. The molecule has 1 saturated heterocycles. The lowest BCUT2D eigenvalue weighted by atomic mass is 9.65. The molecule has 0 bridgehead atoms. The van der Waals surface area contributed by atoms with Crippen molar-refractivity contribution in [1.82, 2.24) is 5.06 Å². The van der Waals surface area contributed by atoms with Gasteiger partial charge in [-0.15, -0.1) is 5.06 Å². The number of hydrogen-bond donors (Lipinski definition) is 1. The van der Waals surface area contributed by atoms with E-state index in [4.69, 9.17) is 10.6 Å². The van der Waals surface area contributed by atoms with Crippen LogP contribution in [0.25, 0.3) is 0 Å². The van der Waals surface area contributed by atoms with Crippen LogP contribution in [0.2, 0.25) is 0 Å². The van der Waals surface area contributed by atoms with Crippen molar-refractivity contribution in [2.45, 2.75) is 25.7 Å². The summed E-state index contributed by atoms with van der Waals surface area (Å²) in [7, 11) is 0. The average molecular weight is 403 g/mol. The summed E-state index contributed by atoms with van der Waals surface area (Å²) in [6.45, 7) is 5.37. The Kier molecular flexibility index (Phi) is 7.26. The molecule has 3 aromatic carbocycles. The van der Waals surface area contributed by atoms with Gasteiger partial charge in [-0.3, -0.25) is 4.79 Å². The van der Waals surface area contributed by atoms with E-state index >= 15 is 0 Å². The van der Waals surface area contributed by atoms with Crippen molar-refractivity contribution in [2.75, 3.05) is 13.1 Å². The van der Waals surface area contributed by atoms with Gasteiger partial charge in [-0.2, -0.15) is 0 Å². The van der Waals surface area contributed by atoms with Gasteiger partial charge in [0.2, 0.25) is 5.91 Å². The minimum atomic E-state index is -0.892. The number of hydrogen-bond acceptors (Lipinski definition) is 3. The largest absolute Gasteiger partial charge is 0.406 e. The Morgan fingerprint density at radius 2 is 1.33 bits per heavy atom. The zero-order valence-corrected chi connectivity index (χ0v) is 17.7. The monoisotopic (exact) mass is 402 g/mol. The van der Waals surface area contributed by atoms with E-state index in [-0.39, 0.29) is 11.8 Å². The predicted molar refractivity (Wildman–Crippen MR) is 121 cm³/mol. The molecule has 4 heteroatoms. The Balaban J connectivity index is 0.00000124. The number of carbonyl (C=O) groups excluding carboxylic acids is 1. The molecule has 4 nitrogen and oxygen atoms in total. The van der Waals surface area contributed by atoms with Crippen LogP contribution in [0, 0.1) is 5.92 Å². The SMILES string of the molecule is CC.NC(=O)C(c1ccccc1)(c1ccccc1)C1CCN(Oc2ccccc2)C1. The number of amides is 1. The number of benzene rings is 3. The number of nitrogens with zero attached hydrogens (tertiary/aromatic N) is 1. The van der Waals surface area contributed by atoms with Gasteiger partial charge < -0.3 is 10.6 Å². The molecule has 0 aromatic heterocycles. The standard InChI is InChI=1S/C24H24N2O2.C2H6/c25-23(27)24(19-10-4-1-5-11-19,20-12-6-2-7-13-20)21-16-17-26(18-21)28-22-14-8-3-9-15-22;1-2/h1-15,21H,16-18H2,(H2,25,27);1-2H3. The fourth-order valence-electron chi connectivity index (χ4n) is 4.32. The van der Waals surface area contributed by atoms with Crippen LogP contribution >= 0.6 is 0 Å². The van der Waals surface area contributed by atoms with Gasteiger partial charge in [-0.05, 0) is 35.6 Å². The van der Waals surface area contributed by atoms with Gasteiger partial charge in [0.15, 0.2) is 0 Å². The molecule has 156 valence electrons. The topological polar surface area (TPSA) is 55.6 Å². The molecule has 4 rings (SSSR count). The summed E-state index contributed by atoms with van der Waals surface area (Å²) in [6, 6.07) is 29.5. The fourth-order valence-corrected chi connectivity index (χ4v) is 4.32. The molecule has 1 unspecified atom stereocenters.